The highest BCUT2D eigenvalue weighted by Gasteiger charge is 2.26. The molecule has 2 aliphatic heterocycles. The van der Waals surface area contributed by atoms with Gasteiger partial charge in [-0.3, -0.25) is 14.5 Å². The number of hydrogen-bond acceptors (Lipinski definition) is 3. The number of fused-ring (bicyclic) bond motifs is 1. The van der Waals surface area contributed by atoms with Crippen LogP contribution in [-0.4, -0.2) is 65.8 Å². The summed E-state index contributed by atoms with van der Waals surface area (Å²) in [5.41, 5.74) is 3.35. The topological polar surface area (TPSA) is 43.9 Å². The first-order valence-electron chi connectivity index (χ1n) is 9.62. The van der Waals surface area contributed by atoms with E-state index in [1.807, 2.05) is 46.2 Å². The summed E-state index contributed by atoms with van der Waals surface area (Å²) in [5, 5.41) is 0. The molecule has 0 bridgehead atoms. The van der Waals surface area contributed by atoms with Crippen LogP contribution in [0.3, 0.4) is 0 Å². The van der Waals surface area contributed by atoms with Gasteiger partial charge in [-0.15, -0.1) is 0 Å². The lowest BCUT2D eigenvalue weighted by molar-refractivity contribution is -0.133. The predicted molar refractivity (Wildman–Crippen MR) is 104 cm³/mol. The Bertz CT molecular complexity index is 813. The van der Waals surface area contributed by atoms with Gasteiger partial charge in [-0.1, -0.05) is 42.5 Å². The Balaban J connectivity index is 1.28. The maximum absolute atomic E-state index is 12.7. The molecule has 2 aromatic carbocycles. The second kappa shape index (κ2) is 7.92. The van der Waals surface area contributed by atoms with Gasteiger partial charge in [0.25, 0.3) is 5.91 Å². The summed E-state index contributed by atoms with van der Waals surface area (Å²) in [6.45, 7) is 4.77. The second-order valence-electron chi connectivity index (χ2n) is 7.27. The van der Waals surface area contributed by atoms with Crippen LogP contribution in [0.15, 0.2) is 54.6 Å². The van der Waals surface area contributed by atoms with Crippen molar-refractivity contribution in [3.63, 3.8) is 0 Å². The average molecular weight is 363 g/mol. The third kappa shape index (κ3) is 4.03. The summed E-state index contributed by atoms with van der Waals surface area (Å²) in [4.78, 5) is 31.3. The van der Waals surface area contributed by atoms with Crippen LogP contribution in [-0.2, 0) is 17.8 Å². The number of nitrogens with zero attached hydrogens (tertiary/aromatic N) is 3. The van der Waals surface area contributed by atoms with Crippen molar-refractivity contribution in [1.82, 2.24) is 14.7 Å². The summed E-state index contributed by atoms with van der Waals surface area (Å²) < 4.78 is 0. The maximum Gasteiger partial charge on any atom is 0.253 e. The molecular weight excluding hydrogens is 338 g/mol. The molecule has 0 atom stereocenters. The minimum absolute atomic E-state index is 0.0780. The standard InChI is InChI=1S/C22H25N3O2/c26-21(25-11-10-18-6-4-5-9-20(18)16-25)17-23-12-14-24(15-13-23)22(27)19-7-2-1-3-8-19/h1-9H,10-17H2. The summed E-state index contributed by atoms with van der Waals surface area (Å²) in [7, 11) is 0. The zero-order valence-corrected chi connectivity index (χ0v) is 15.5. The van der Waals surface area contributed by atoms with E-state index in [0.29, 0.717) is 26.2 Å². The molecule has 2 heterocycles. The number of rotatable bonds is 3. The summed E-state index contributed by atoms with van der Waals surface area (Å²) in [6.07, 6.45) is 0.932. The Labute approximate surface area is 160 Å². The first-order valence-corrected chi connectivity index (χ1v) is 9.62. The minimum atomic E-state index is 0.0780. The second-order valence-corrected chi connectivity index (χ2v) is 7.27. The maximum atomic E-state index is 12.7. The molecule has 5 nitrogen and oxygen atoms in total. The van der Waals surface area contributed by atoms with Crippen molar-refractivity contribution in [2.45, 2.75) is 13.0 Å². The zero-order valence-electron chi connectivity index (χ0n) is 15.5. The van der Waals surface area contributed by atoms with Gasteiger partial charge in [0.1, 0.15) is 0 Å². The Hall–Kier alpha value is -2.66. The number of carbonyl (C=O) groups is 2. The van der Waals surface area contributed by atoms with E-state index >= 15 is 0 Å². The molecule has 5 heteroatoms. The number of piperazine rings is 1. The largest absolute Gasteiger partial charge is 0.337 e. The van der Waals surface area contributed by atoms with Gasteiger partial charge in [-0.25, -0.2) is 0 Å². The van der Waals surface area contributed by atoms with Crippen molar-refractivity contribution in [2.75, 3.05) is 39.3 Å². The fourth-order valence-corrected chi connectivity index (χ4v) is 3.87. The van der Waals surface area contributed by atoms with Crippen LogP contribution in [0.4, 0.5) is 0 Å². The van der Waals surface area contributed by atoms with Gasteiger partial charge >= 0.3 is 0 Å². The minimum Gasteiger partial charge on any atom is -0.337 e. The van der Waals surface area contributed by atoms with Crippen molar-refractivity contribution < 1.29 is 9.59 Å². The molecule has 0 aliphatic carbocycles. The van der Waals surface area contributed by atoms with Gasteiger partial charge in [-0.05, 0) is 29.7 Å². The highest BCUT2D eigenvalue weighted by atomic mass is 16.2. The number of benzene rings is 2. The molecule has 1 fully saturated rings. The summed E-state index contributed by atoms with van der Waals surface area (Å²) in [5.74, 6) is 0.265. The van der Waals surface area contributed by atoms with Crippen molar-refractivity contribution in [2.24, 2.45) is 0 Å². The van der Waals surface area contributed by atoms with Crippen LogP contribution >= 0.6 is 0 Å². The molecule has 2 amide bonds. The van der Waals surface area contributed by atoms with Crippen molar-refractivity contribution in [3.05, 3.63) is 71.3 Å². The number of hydrogen-bond donors (Lipinski definition) is 0. The molecule has 0 N–H and O–H groups in total. The van der Waals surface area contributed by atoms with Crippen LogP contribution in [0, 0.1) is 0 Å². The third-order valence-electron chi connectivity index (χ3n) is 5.52. The summed E-state index contributed by atoms with van der Waals surface area (Å²) in [6, 6.07) is 17.8. The Kier molecular flexibility index (Phi) is 5.21. The van der Waals surface area contributed by atoms with Gasteiger partial charge in [0.2, 0.25) is 5.91 Å². The number of carbonyl (C=O) groups excluding carboxylic acids is 2. The van der Waals surface area contributed by atoms with Crippen LogP contribution in [0.2, 0.25) is 0 Å². The van der Waals surface area contributed by atoms with Gasteiger partial charge in [-0.2, -0.15) is 0 Å². The molecule has 1 saturated heterocycles. The van der Waals surface area contributed by atoms with Gasteiger partial charge in [0, 0.05) is 44.8 Å². The molecule has 0 spiro atoms. The number of amides is 2. The van der Waals surface area contributed by atoms with Crippen molar-refractivity contribution >= 4 is 11.8 Å². The SMILES string of the molecule is O=C(CN1CCN(C(=O)c2ccccc2)CC1)N1CCc2ccccc2C1. The van der Waals surface area contributed by atoms with E-state index in [9.17, 15) is 9.59 Å². The van der Waals surface area contributed by atoms with Crippen molar-refractivity contribution in [3.8, 4) is 0 Å². The Morgan fingerprint density at radius 1 is 0.741 bits per heavy atom. The molecule has 140 valence electrons. The van der Waals surface area contributed by atoms with E-state index in [2.05, 4.69) is 23.1 Å². The lowest BCUT2D eigenvalue weighted by Crippen LogP contribution is -2.52. The molecule has 27 heavy (non-hydrogen) atoms. The molecule has 2 aromatic rings. The van der Waals surface area contributed by atoms with E-state index in [1.54, 1.807) is 0 Å². The van der Waals surface area contributed by atoms with E-state index in [1.165, 1.54) is 11.1 Å². The van der Waals surface area contributed by atoms with Gasteiger partial charge in [0.05, 0.1) is 6.54 Å². The van der Waals surface area contributed by atoms with Crippen LogP contribution in [0.25, 0.3) is 0 Å². The fourth-order valence-electron chi connectivity index (χ4n) is 3.87. The van der Waals surface area contributed by atoms with Crippen molar-refractivity contribution in [1.29, 1.82) is 0 Å². The first kappa shape index (κ1) is 17.7. The first-order chi connectivity index (χ1) is 13.2. The summed E-state index contributed by atoms with van der Waals surface area (Å²) >= 11 is 0. The smallest absolute Gasteiger partial charge is 0.253 e. The predicted octanol–water partition coefficient (Wildman–Crippen LogP) is 2.03. The molecule has 4 rings (SSSR count). The van der Waals surface area contributed by atoms with E-state index in [4.69, 9.17) is 0 Å². The molecule has 0 unspecified atom stereocenters. The molecule has 0 saturated carbocycles. The molecule has 0 aromatic heterocycles. The highest BCUT2D eigenvalue weighted by Crippen LogP contribution is 2.19. The third-order valence-corrected chi connectivity index (χ3v) is 5.52. The van der Waals surface area contributed by atoms with E-state index in [0.717, 1.165) is 31.6 Å². The molecule has 2 aliphatic rings. The fraction of sp³-hybridized carbons (Fsp3) is 0.364. The normalized spacial score (nSPS) is 17.5. The lowest BCUT2D eigenvalue weighted by atomic mass is 10.00. The average Bonchev–Trinajstić information content (AvgIpc) is 2.74. The lowest BCUT2D eigenvalue weighted by Gasteiger charge is -2.36. The molecular formula is C22H25N3O2. The van der Waals surface area contributed by atoms with Crippen LogP contribution in [0.1, 0.15) is 21.5 Å². The van der Waals surface area contributed by atoms with Gasteiger partial charge in [0.15, 0.2) is 0 Å². The Morgan fingerprint density at radius 3 is 2.15 bits per heavy atom. The van der Waals surface area contributed by atoms with E-state index < -0.39 is 0 Å². The van der Waals surface area contributed by atoms with E-state index in [-0.39, 0.29) is 11.8 Å². The Morgan fingerprint density at radius 2 is 1.41 bits per heavy atom. The molecule has 0 radical (unpaired) electrons. The van der Waals surface area contributed by atoms with Gasteiger partial charge < -0.3 is 9.80 Å². The zero-order chi connectivity index (χ0) is 18.6. The highest BCUT2D eigenvalue weighted by molar-refractivity contribution is 5.94. The monoisotopic (exact) mass is 363 g/mol. The van der Waals surface area contributed by atoms with Crippen LogP contribution < -0.4 is 0 Å². The van der Waals surface area contributed by atoms with Crippen LogP contribution in [0.5, 0.6) is 0 Å². The quantitative estimate of drug-likeness (QED) is 0.838.